The number of methoxy groups -OCH3 is 1. The molecule has 6 heteroatoms. The lowest BCUT2D eigenvalue weighted by atomic mass is 10.5. The lowest BCUT2D eigenvalue weighted by molar-refractivity contribution is 0.298. The minimum Gasteiger partial charge on any atom is -0.467 e. The molecule has 0 aliphatic carbocycles. The fourth-order valence-electron chi connectivity index (χ4n) is 0.939. The molecule has 0 spiro atoms. The van der Waals surface area contributed by atoms with Crippen LogP contribution >= 0.6 is 0 Å². The molecule has 15 heavy (non-hydrogen) atoms. The van der Waals surface area contributed by atoms with E-state index in [4.69, 9.17) is 9.47 Å². The van der Waals surface area contributed by atoms with Crippen molar-refractivity contribution >= 4 is 5.95 Å². The second-order valence-corrected chi connectivity index (χ2v) is 2.79. The molecule has 1 N–H and O–H groups in total. The Bertz CT molecular complexity index is 306. The first-order valence-corrected chi connectivity index (χ1v) is 4.96. The standard InChI is InChI=1S/C9H16N4O2/c1-4-6-10-7-11-8(14-3)13-9(12-7)15-5-2/h4-6H2,1-3H3,(H,10,11,12,13). The van der Waals surface area contributed by atoms with Crippen molar-refractivity contribution in [2.24, 2.45) is 0 Å². The summed E-state index contributed by atoms with van der Waals surface area (Å²) in [5.41, 5.74) is 0. The Labute approximate surface area is 89.1 Å². The quantitative estimate of drug-likeness (QED) is 0.761. The summed E-state index contributed by atoms with van der Waals surface area (Å²) in [6.45, 7) is 5.25. The largest absolute Gasteiger partial charge is 0.467 e. The SMILES string of the molecule is CCCNc1nc(OC)nc(OCC)n1. The van der Waals surface area contributed by atoms with Gasteiger partial charge in [0, 0.05) is 6.54 Å². The van der Waals surface area contributed by atoms with Crippen molar-refractivity contribution in [2.75, 3.05) is 25.6 Å². The molecule has 0 radical (unpaired) electrons. The molecule has 0 aromatic carbocycles. The van der Waals surface area contributed by atoms with Crippen molar-refractivity contribution in [1.82, 2.24) is 15.0 Å². The maximum atomic E-state index is 5.19. The number of anilines is 1. The van der Waals surface area contributed by atoms with E-state index in [0.29, 0.717) is 12.6 Å². The van der Waals surface area contributed by atoms with Gasteiger partial charge in [-0.05, 0) is 13.3 Å². The van der Waals surface area contributed by atoms with Crippen molar-refractivity contribution in [3.63, 3.8) is 0 Å². The molecule has 0 aliphatic rings. The Kier molecular flexibility index (Phi) is 4.59. The summed E-state index contributed by atoms with van der Waals surface area (Å²) in [6, 6.07) is 0.537. The molecule has 0 saturated heterocycles. The van der Waals surface area contributed by atoms with Gasteiger partial charge in [-0.2, -0.15) is 9.97 Å². The molecule has 1 aromatic heterocycles. The third kappa shape index (κ3) is 3.57. The Morgan fingerprint density at radius 1 is 1.13 bits per heavy atom. The molecule has 6 nitrogen and oxygen atoms in total. The molecule has 0 saturated carbocycles. The first kappa shape index (κ1) is 11.5. The van der Waals surface area contributed by atoms with Crippen molar-refractivity contribution in [3.8, 4) is 12.0 Å². The molecule has 1 heterocycles. The maximum absolute atomic E-state index is 5.19. The zero-order chi connectivity index (χ0) is 11.1. The van der Waals surface area contributed by atoms with E-state index in [0.717, 1.165) is 13.0 Å². The summed E-state index contributed by atoms with van der Waals surface area (Å²) in [5, 5.41) is 3.05. The molecule has 1 aromatic rings. The average Bonchev–Trinajstić information content (AvgIpc) is 2.26. The Morgan fingerprint density at radius 3 is 2.47 bits per heavy atom. The molecule has 1 rings (SSSR count). The smallest absolute Gasteiger partial charge is 0.324 e. The van der Waals surface area contributed by atoms with Gasteiger partial charge in [0.05, 0.1) is 13.7 Å². The van der Waals surface area contributed by atoms with Crippen LogP contribution in [0.25, 0.3) is 0 Å². The van der Waals surface area contributed by atoms with Crippen molar-refractivity contribution in [2.45, 2.75) is 20.3 Å². The zero-order valence-electron chi connectivity index (χ0n) is 9.28. The van der Waals surface area contributed by atoms with E-state index in [1.165, 1.54) is 7.11 Å². The highest BCUT2D eigenvalue weighted by atomic mass is 16.5. The molecule has 84 valence electrons. The number of rotatable bonds is 6. The van der Waals surface area contributed by atoms with E-state index in [2.05, 4.69) is 27.2 Å². The third-order valence-corrected chi connectivity index (χ3v) is 1.58. The van der Waals surface area contributed by atoms with Gasteiger partial charge in [0.25, 0.3) is 0 Å². The predicted octanol–water partition coefficient (Wildman–Crippen LogP) is 1.10. The summed E-state index contributed by atoms with van der Waals surface area (Å²) >= 11 is 0. The summed E-state index contributed by atoms with van der Waals surface area (Å²) < 4.78 is 10.1. The van der Waals surface area contributed by atoms with Crippen molar-refractivity contribution in [1.29, 1.82) is 0 Å². The zero-order valence-corrected chi connectivity index (χ0v) is 9.28. The molecular formula is C9H16N4O2. The highest BCUT2D eigenvalue weighted by molar-refractivity contribution is 5.27. The first-order chi connectivity index (χ1) is 7.30. The molecule has 0 aliphatic heterocycles. The summed E-state index contributed by atoms with van der Waals surface area (Å²) in [5.74, 6) is 0.479. The monoisotopic (exact) mass is 212 g/mol. The predicted molar refractivity (Wildman–Crippen MR) is 56.3 cm³/mol. The fourth-order valence-corrected chi connectivity index (χ4v) is 0.939. The Hall–Kier alpha value is -1.59. The van der Waals surface area contributed by atoms with Crippen LogP contribution < -0.4 is 14.8 Å². The van der Waals surface area contributed by atoms with Gasteiger partial charge in [-0.15, -0.1) is 4.98 Å². The van der Waals surface area contributed by atoms with Crippen LogP contribution in [-0.4, -0.2) is 35.2 Å². The van der Waals surface area contributed by atoms with Crippen LogP contribution in [-0.2, 0) is 0 Å². The third-order valence-electron chi connectivity index (χ3n) is 1.58. The number of aromatic nitrogens is 3. The molecular weight excluding hydrogens is 196 g/mol. The number of hydrogen-bond acceptors (Lipinski definition) is 6. The van der Waals surface area contributed by atoms with Crippen LogP contribution in [0.2, 0.25) is 0 Å². The topological polar surface area (TPSA) is 69.2 Å². The van der Waals surface area contributed by atoms with E-state index >= 15 is 0 Å². The maximum Gasteiger partial charge on any atom is 0.324 e. The van der Waals surface area contributed by atoms with E-state index in [9.17, 15) is 0 Å². The minimum atomic E-state index is 0.257. The number of nitrogens with zero attached hydrogens (tertiary/aromatic N) is 3. The Balaban J connectivity index is 2.79. The van der Waals surface area contributed by atoms with E-state index in [1.807, 2.05) is 6.92 Å². The molecule has 0 bridgehead atoms. The van der Waals surface area contributed by atoms with Crippen LogP contribution in [0.5, 0.6) is 12.0 Å². The minimum absolute atomic E-state index is 0.257. The highest BCUT2D eigenvalue weighted by Crippen LogP contribution is 2.12. The highest BCUT2D eigenvalue weighted by Gasteiger charge is 2.06. The summed E-state index contributed by atoms with van der Waals surface area (Å²) in [7, 11) is 1.51. The van der Waals surface area contributed by atoms with Crippen LogP contribution in [0.4, 0.5) is 5.95 Å². The second kappa shape index (κ2) is 6.00. The van der Waals surface area contributed by atoms with Crippen LogP contribution in [0.3, 0.4) is 0 Å². The van der Waals surface area contributed by atoms with E-state index < -0.39 is 0 Å². The van der Waals surface area contributed by atoms with Crippen LogP contribution in [0.15, 0.2) is 0 Å². The van der Waals surface area contributed by atoms with Crippen molar-refractivity contribution < 1.29 is 9.47 Å². The Morgan fingerprint density at radius 2 is 1.87 bits per heavy atom. The van der Waals surface area contributed by atoms with Gasteiger partial charge >= 0.3 is 12.0 Å². The fraction of sp³-hybridized carbons (Fsp3) is 0.667. The van der Waals surface area contributed by atoms with E-state index in [-0.39, 0.29) is 12.0 Å². The van der Waals surface area contributed by atoms with E-state index in [1.54, 1.807) is 0 Å². The molecule has 0 atom stereocenters. The van der Waals surface area contributed by atoms with Gasteiger partial charge in [0.2, 0.25) is 5.95 Å². The normalized spacial score (nSPS) is 9.80. The molecule has 0 amide bonds. The average molecular weight is 212 g/mol. The summed E-state index contributed by atoms with van der Waals surface area (Å²) in [6.07, 6.45) is 0.998. The van der Waals surface area contributed by atoms with Gasteiger partial charge in [-0.3, -0.25) is 0 Å². The lowest BCUT2D eigenvalue weighted by Gasteiger charge is -2.06. The second-order valence-electron chi connectivity index (χ2n) is 2.79. The number of nitrogens with one attached hydrogen (secondary N) is 1. The molecule has 0 fully saturated rings. The van der Waals surface area contributed by atoms with Crippen LogP contribution in [0, 0.1) is 0 Å². The van der Waals surface area contributed by atoms with Gasteiger partial charge < -0.3 is 14.8 Å². The number of hydrogen-bond donors (Lipinski definition) is 1. The van der Waals surface area contributed by atoms with Gasteiger partial charge in [-0.25, -0.2) is 0 Å². The van der Waals surface area contributed by atoms with Gasteiger partial charge in [-0.1, -0.05) is 6.92 Å². The number of ether oxygens (including phenoxy) is 2. The lowest BCUT2D eigenvalue weighted by Crippen LogP contribution is -2.08. The van der Waals surface area contributed by atoms with Gasteiger partial charge in [0.1, 0.15) is 0 Å². The summed E-state index contributed by atoms with van der Waals surface area (Å²) in [4.78, 5) is 12.1. The molecule has 0 unspecified atom stereocenters. The van der Waals surface area contributed by atoms with Gasteiger partial charge in [0.15, 0.2) is 0 Å². The first-order valence-electron chi connectivity index (χ1n) is 4.96. The van der Waals surface area contributed by atoms with Crippen molar-refractivity contribution in [3.05, 3.63) is 0 Å². The van der Waals surface area contributed by atoms with Crippen LogP contribution in [0.1, 0.15) is 20.3 Å².